The van der Waals surface area contributed by atoms with Gasteiger partial charge in [0.2, 0.25) is 0 Å². The van der Waals surface area contributed by atoms with Gasteiger partial charge < -0.3 is 14.1 Å². The first-order valence-corrected chi connectivity index (χ1v) is 15.7. The van der Waals surface area contributed by atoms with Crippen molar-refractivity contribution in [3.8, 4) is 5.75 Å². The molecule has 0 aliphatic carbocycles. The van der Waals surface area contributed by atoms with E-state index >= 15 is 0 Å². The SMILES string of the molecule is CCc1cccc(C2CCN(C(=O)c3cccc(OCC(=O)CO[Si](C)(C)C(C)(C)C)c3)CC2)c1. The highest BCUT2D eigenvalue weighted by Crippen LogP contribution is 2.36. The molecule has 1 aliphatic heterocycles. The maximum absolute atomic E-state index is 13.1. The predicted molar refractivity (Wildman–Crippen MR) is 144 cm³/mol. The lowest BCUT2D eigenvalue weighted by atomic mass is 9.88. The zero-order chi connectivity index (χ0) is 25.6. The molecule has 0 spiro atoms. The van der Waals surface area contributed by atoms with Gasteiger partial charge in [0, 0.05) is 18.7 Å². The lowest BCUT2D eigenvalue weighted by molar-refractivity contribution is -0.123. The molecular weight excluding hydrogens is 454 g/mol. The average molecular weight is 496 g/mol. The molecule has 0 aromatic heterocycles. The zero-order valence-electron chi connectivity index (χ0n) is 22.2. The molecule has 6 heteroatoms. The molecule has 1 saturated heterocycles. The Balaban J connectivity index is 1.51. The van der Waals surface area contributed by atoms with Crippen LogP contribution < -0.4 is 4.74 Å². The Morgan fingerprint density at radius 2 is 1.69 bits per heavy atom. The summed E-state index contributed by atoms with van der Waals surface area (Å²) < 4.78 is 11.7. The average Bonchev–Trinajstić information content (AvgIpc) is 2.85. The van der Waals surface area contributed by atoms with Gasteiger partial charge in [-0.15, -0.1) is 0 Å². The first-order valence-electron chi connectivity index (χ1n) is 12.8. The fourth-order valence-electron chi connectivity index (χ4n) is 4.07. The molecule has 1 fully saturated rings. The minimum atomic E-state index is -1.98. The summed E-state index contributed by atoms with van der Waals surface area (Å²) in [4.78, 5) is 27.4. The fourth-order valence-corrected chi connectivity index (χ4v) is 5.02. The predicted octanol–water partition coefficient (Wildman–Crippen LogP) is 6.24. The Kier molecular flexibility index (Phi) is 8.94. The van der Waals surface area contributed by atoms with E-state index in [1.807, 2.05) is 17.0 Å². The van der Waals surface area contributed by atoms with Crippen molar-refractivity contribution in [1.82, 2.24) is 4.90 Å². The van der Waals surface area contributed by atoms with Crippen LogP contribution in [0.3, 0.4) is 0 Å². The van der Waals surface area contributed by atoms with Crippen molar-refractivity contribution < 1.29 is 18.8 Å². The van der Waals surface area contributed by atoms with E-state index in [1.165, 1.54) is 11.1 Å². The molecule has 0 bridgehead atoms. The van der Waals surface area contributed by atoms with Crippen LogP contribution in [0.25, 0.3) is 0 Å². The van der Waals surface area contributed by atoms with Gasteiger partial charge in [-0.25, -0.2) is 0 Å². The van der Waals surface area contributed by atoms with Crippen molar-refractivity contribution in [3.63, 3.8) is 0 Å². The molecule has 1 heterocycles. The number of likely N-dealkylation sites (tertiary alicyclic amines) is 1. The second-order valence-electron chi connectivity index (χ2n) is 11.1. The van der Waals surface area contributed by atoms with Crippen molar-refractivity contribution in [2.24, 2.45) is 0 Å². The van der Waals surface area contributed by atoms with E-state index in [4.69, 9.17) is 9.16 Å². The van der Waals surface area contributed by atoms with E-state index < -0.39 is 8.32 Å². The number of ether oxygens (including phenoxy) is 1. The number of hydrogen-bond donors (Lipinski definition) is 0. The lowest BCUT2D eigenvalue weighted by Gasteiger charge is -2.35. The van der Waals surface area contributed by atoms with Crippen LogP contribution >= 0.6 is 0 Å². The second-order valence-corrected chi connectivity index (χ2v) is 15.9. The summed E-state index contributed by atoms with van der Waals surface area (Å²) in [6, 6.07) is 16.0. The highest BCUT2D eigenvalue weighted by atomic mass is 28.4. The Morgan fingerprint density at radius 1 is 1.00 bits per heavy atom. The lowest BCUT2D eigenvalue weighted by Crippen LogP contribution is -2.42. The number of amides is 1. The van der Waals surface area contributed by atoms with Crippen LogP contribution in [0.4, 0.5) is 0 Å². The van der Waals surface area contributed by atoms with E-state index in [0.717, 1.165) is 32.4 Å². The van der Waals surface area contributed by atoms with Crippen molar-refractivity contribution in [2.45, 2.75) is 71.0 Å². The number of rotatable bonds is 9. The molecule has 0 N–H and O–H groups in total. The van der Waals surface area contributed by atoms with Gasteiger partial charge in [-0.05, 0) is 72.6 Å². The first-order chi connectivity index (χ1) is 16.5. The fraction of sp³-hybridized carbons (Fsp3) is 0.517. The van der Waals surface area contributed by atoms with E-state index in [2.05, 4.69) is 65.1 Å². The number of carbonyl (C=O) groups excluding carboxylic acids is 2. The summed E-state index contributed by atoms with van der Waals surface area (Å²) in [5, 5.41) is 0.0524. The Labute approximate surface area is 212 Å². The second kappa shape index (κ2) is 11.5. The zero-order valence-corrected chi connectivity index (χ0v) is 23.2. The Hall–Kier alpha value is -2.44. The van der Waals surface area contributed by atoms with Crippen molar-refractivity contribution in [3.05, 3.63) is 65.2 Å². The number of nitrogens with zero attached hydrogens (tertiary/aromatic N) is 1. The van der Waals surface area contributed by atoms with Crippen LogP contribution in [0.5, 0.6) is 5.75 Å². The number of hydrogen-bond acceptors (Lipinski definition) is 4. The van der Waals surface area contributed by atoms with Gasteiger partial charge in [0.05, 0.1) is 6.61 Å². The maximum atomic E-state index is 13.1. The molecule has 1 amide bonds. The van der Waals surface area contributed by atoms with Gasteiger partial charge in [-0.2, -0.15) is 0 Å². The van der Waals surface area contributed by atoms with Crippen molar-refractivity contribution in [2.75, 3.05) is 26.3 Å². The summed E-state index contributed by atoms with van der Waals surface area (Å²) in [6.45, 7) is 14.4. The van der Waals surface area contributed by atoms with Crippen molar-refractivity contribution in [1.29, 1.82) is 0 Å². The summed E-state index contributed by atoms with van der Waals surface area (Å²) in [5.74, 6) is 0.951. The van der Waals surface area contributed by atoms with Crippen molar-refractivity contribution >= 4 is 20.0 Å². The maximum Gasteiger partial charge on any atom is 0.253 e. The molecular formula is C29H41NO4Si. The van der Waals surface area contributed by atoms with Gasteiger partial charge >= 0.3 is 0 Å². The van der Waals surface area contributed by atoms with Gasteiger partial charge in [0.1, 0.15) is 12.4 Å². The van der Waals surface area contributed by atoms with E-state index in [9.17, 15) is 9.59 Å². The normalized spacial score (nSPS) is 15.2. The van der Waals surface area contributed by atoms with Crippen LogP contribution in [0.1, 0.15) is 67.9 Å². The third kappa shape index (κ3) is 7.28. The molecule has 3 rings (SSSR count). The largest absolute Gasteiger partial charge is 0.486 e. The summed E-state index contributed by atoms with van der Waals surface area (Å²) in [5.41, 5.74) is 3.34. The van der Waals surface area contributed by atoms with E-state index in [-0.39, 0.29) is 29.9 Å². The molecule has 0 atom stereocenters. The Bertz CT molecular complexity index is 1020. The van der Waals surface area contributed by atoms with Gasteiger partial charge in [-0.1, -0.05) is 58.0 Å². The van der Waals surface area contributed by atoms with Crippen LogP contribution in [-0.2, 0) is 15.6 Å². The monoisotopic (exact) mass is 495 g/mol. The third-order valence-electron chi connectivity index (χ3n) is 7.49. The van der Waals surface area contributed by atoms with Crippen LogP contribution in [0, 0.1) is 0 Å². The molecule has 2 aromatic carbocycles. The van der Waals surface area contributed by atoms with Crippen LogP contribution in [0.2, 0.25) is 18.1 Å². The molecule has 0 unspecified atom stereocenters. The molecule has 190 valence electrons. The quantitative estimate of drug-likeness (QED) is 0.387. The standard InChI is InChI=1S/C29H41NO4Si/c1-7-22-10-8-11-24(18-22)23-14-16-30(17-15-23)28(32)25-12-9-13-27(19-25)33-20-26(31)21-34-35(5,6)29(2,3)4/h8-13,18-19,23H,7,14-17,20-21H2,1-6H3. The highest BCUT2D eigenvalue weighted by Gasteiger charge is 2.37. The molecule has 0 saturated carbocycles. The minimum Gasteiger partial charge on any atom is -0.486 e. The molecule has 0 radical (unpaired) electrons. The molecule has 2 aromatic rings. The van der Waals surface area contributed by atoms with Gasteiger partial charge in [0.25, 0.3) is 5.91 Å². The third-order valence-corrected chi connectivity index (χ3v) is 12.0. The molecule has 35 heavy (non-hydrogen) atoms. The first kappa shape index (κ1) is 27.1. The molecule has 5 nitrogen and oxygen atoms in total. The van der Waals surface area contributed by atoms with E-state index in [1.54, 1.807) is 12.1 Å². The number of Topliss-reactive ketones (excluding diaryl/α,β-unsaturated/α-hetero) is 1. The molecule has 1 aliphatic rings. The summed E-state index contributed by atoms with van der Waals surface area (Å²) >= 11 is 0. The van der Waals surface area contributed by atoms with Crippen LogP contribution in [0.15, 0.2) is 48.5 Å². The van der Waals surface area contributed by atoms with Gasteiger partial charge in [0.15, 0.2) is 14.1 Å². The summed E-state index contributed by atoms with van der Waals surface area (Å²) in [7, 11) is -1.98. The van der Waals surface area contributed by atoms with Crippen LogP contribution in [-0.4, -0.2) is 51.2 Å². The smallest absolute Gasteiger partial charge is 0.253 e. The highest BCUT2D eigenvalue weighted by molar-refractivity contribution is 6.74. The number of piperidine rings is 1. The topological polar surface area (TPSA) is 55.8 Å². The number of aryl methyl sites for hydroxylation is 1. The number of carbonyl (C=O) groups is 2. The summed E-state index contributed by atoms with van der Waals surface area (Å²) in [6.07, 6.45) is 2.98. The Morgan fingerprint density at radius 3 is 2.34 bits per heavy atom. The van der Waals surface area contributed by atoms with Gasteiger partial charge in [-0.3, -0.25) is 9.59 Å². The number of benzene rings is 2. The van der Waals surface area contributed by atoms with E-state index in [0.29, 0.717) is 17.2 Å². The number of ketones is 1. The minimum absolute atomic E-state index is 0.0174.